The quantitative estimate of drug-likeness (QED) is 0.0980. The molecule has 2 bridgehead atoms. The number of hydrogen-bond donors (Lipinski definition) is 8. The monoisotopic (exact) mass is 811 g/mol. The van der Waals surface area contributed by atoms with Gasteiger partial charge in [-0.05, 0) is 29.2 Å². The topological polar surface area (TPSA) is 255 Å². The van der Waals surface area contributed by atoms with Gasteiger partial charge < -0.3 is 65.0 Å². The molecule has 2 amide bonds. The predicted molar refractivity (Wildman–Crippen MR) is 196 cm³/mol. The fraction of sp³-hybridized carbons (Fsp3) is 0.575. The normalized spacial score (nSPS) is 35.7. The number of rotatable bonds is 13. The van der Waals surface area contributed by atoms with Gasteiger partial charge in [-0.1, -0.05) is 60.7 Å². The second kappa shape index (κ2) is 16.3. The average Bonchev–Trinajstić information content (AvgIpc) is 3.89. The molecule has 18 nitrogen and oxygen atoms in total. The molecule has 2 aliphatic carbocycles. The molecule has 4 aliphatic heterocycles. The van der Waals surface area contributed by atoms with Gasteiger partial charge in [0.2, 0.25) is 11.8 Å². The van der Waals surface area contributed by atoms with Gasteiger partial charge in [-0.2, -0.15) is 5.06 Å². The van der Waals surface area contributed by atoms with Gasteiger partial charge >= 0.3 is 5.97 Å². The number of benzene rings is 2. The highest BCUT2D eigenvalue weighted by molar-refractivity contribution is 5.96. The Kier molecular flexibility index (Phi) is 11.5. The second-order valence-corrected chi connectivity index (χ2v) is 15.8. The number of aliphatic hydroxyl groups is 6. The Morgan fingerprint density at radius 1 is 1.00 bits per heavy atom. The molecule has 2 aromatic rings. The van der Waals surface area contributed by atoms with Gasteiger partial charge in [0.05, 0.1) is 32.5 Å². The van der Waals surface area contributed by atoms with Crippen molar-refractivity contribution < 1.29 is 73.5 Å². The van der Waals surface area contributed by atoms with Crippen LogP contribution < -0.4 is 10.6 Å². The zero-order valence-electron chi connectivity index (χ0n) is 31.7. The Morgan fingerprint density at radius 2 is 1.71 bits per heavy atom. The van der Waals surface area contributed by atoms with Crippen molar-refractivity contribution in [2.75, 3.05) is 26.4 Å². The molecular weight excluding hydrogens is 762 g/mol. The molecular formula is C40H49N3O15. The number of carbonyl (C=O) groups is 3. The van der Waals surface area contributed by atoms with Crippen LogP contribution in [0.1, 0.15) is 35.6 Å². The molecule has 5 fully saturated rings. The maximum atomic E-state index is 14.7. The van der Waals surface area contributed by atoms with E-state index >= 15 is 0 Å². The Bertz CT molecular complexity index is 1850. The zero-order valence-corrected chi connectivity index (χ0v) is 31.7. The molecule has 4 saturated heterocycles. The summed E-state index contributed by atoms with van der Waals surface area (Å²) in [6.07, 6.45) is -7.44. The van der Waals surface area contributed by atoms with Crippen molar-refractivity contribution in [3.63, 3.8) is 0 Å². The van der Waals surface area contributed by atoms with E-state index in [-0.39, 0.29) is 32.7 Å². The van der Waals surface area contributed by atoms with Crippen molar-refractivity contribution in [3.05, 3.63) is 76.9 Å². The summed E-state index contributed by atoms with van der Waals surface area (Å²) >= 11 is 0. The van der Waals surface area contributed by atoms with Crippen molar-refractivity contribution in [3.8, 4) is 0 Å². The summed E-state index contributed by atoms with van der Waals surface area (Å²) in [5, 5.41) is 66.1. The van der Waals surface area contributed by atoms with Crippen molar-refractivity contribution in [1.29, 1.82) is 0 Å². The van der Waals surface area contributed by atoms with E-state index in [1.54, 1.807) is 12.2 Å². The van der Waals surface area contributed by atoms with Crippen LogP contribution in [0.15, 0.2) is 54.6 Å². The van der Waals surface area contributed by atoms with E-state index in [1.807, 2.05) is 48.5 Å². The van der Waals surface area contributed by atoms with Gasteiger partial charge in [0, 0.05) is 25.8 Å². The summed E-state index contributed by atoms with van der Waals surface area (Å²) in [6, 6.07) is 12.5. The van der Waals surface area contributed by atoms with E-state index in [2.05, 4.69) is 10.6 Å². The molecule has 4 heterocycles. The van der Waals surface area contributed by atoms with Crippen LogP contribution in [-0.2, 0) is 62.3 Å². The molecule has 13 atom stereocenters. The van der Waals surface area contributed by atoms with Gasteiger partial charge in [0.25, 0.3) is 0 Å². The van der Waals surface area contributed by atoms with Gasteiger partial charge in [-0.3, -0.25) is 19.2 Å². The molecule has 1 spiro atoms. The number of aliphatic hydroxyl groups excluding tert-OH is 6. The van der Waals surface area contributed by atoms with Crippen LogP contribution in [0.5, 0.6) is 0 Å². The average molecular weight is 812 g/mol. The summed E-state index contributed by atoms with van der Waals surface area (Å²) in [5.41, 5.74) is 1.99. The number of hydrogen-bond acceptors (Lipinski definition) is 16. The number of hydroxylamine groups is 2. The first-order chi connectivity index (χ1) is 27.9. The van der Waals surface area contributed by atoms with Gasteiger partial charge in [-0.15, -0.1) is 0 Å². The van der Waals surface area contributed by atoms with E-state index in [0.29, 0.717) is 18.4 Å². The van der Waals surface area contributed by atoms with Gasteiger partial charge in [0.15, 0.2) is 18.1 Å². The Hall–Kier alpha value is -3.89. The fourth-order valence-electron chi connectivity index (χ4n) is 9.18. The third kappa shape index (κ3) is 7.24. The van der Waals surface area contributed by atoms with Crippen LogP contribution in [-0.4, -0.2) is 159 Å². The highest BCUT2D eigenvalue weighted by Crippen LogP contribution is 2.58. The Labute approximate surface area is 333 Å². The van der Waals surface area contributed by atoms with Crippen LogP contribution in [0.25, 0.3) is 6.08 Å². The van der Waals surface area contributed by atoms with E-state index in [0.717, 1.165) is 16.7 Å². The van der Waals surface area contributed by atoms with Crippen molar-refractivity contribution in [1.82, 2.24) is 15.7 Å². The van der Waals surface area contributed by atoms with Crippen molar-refractivity contribution in [2.45, 2.75) is 112 Å². The highest BCUT2D eigenvalue weighted by Gasteiger charge is 2.76. The predicted octanol–water partition coefficient (Wildman–Crippen LogP) is -2.43. The summed E-state index contributed by atoms with van der Waals surface area (Å²) in [7, 11) is 0. The number of ether oxygens (including phenoxy) is 5. The molecule has 8 rings (SSSR count). The molecule has 18 heteroatoms. The molecule has 2 aromatic carbocycles. The molecule has 6 aliphatic rings. The summed E-state index contributed by atoms with van der Waals surface area (Å²) < 4.78 is 30.4. The Morgan fingerprint density at radius 3 is 2.38 bits per heavy atom. The molecule has 13 unspecified atom stereocenters. The van der Waals surface area contributed by atoms with Crippen LogP contribution in [0, 0.1) is 5.41 Å². The van der Waals surface area contributed by atoms with Crippen molar-refractivity contribution in [2.24, 2.45) is 5.41 Å². The molecule has 58 heavy (non-hydrogen) atoms. The minimum absolute atomic E-state index is 0.00365. The lowest BCUT2D eigenvalue weighted by Gasteiger charge is -2.49. The summed E-state index contributed by atoms with van der Waals surface area (Å²) in [4.78, 5) is 48.5. The number of amides is 2. The van der Waals surface area contributed by atoms with Crippen LogP contribution >= 0.6 is 0 Å². The van der Waals surface area contributed by atoms with Crippen LogP contribution in [0.3, 0.4) is 0 Å². The minimum atomic E-state index is -1.62. The second-order valence-electron chi connectivity index (χ2n) is 15.8. The van der Waals surface area contributed by atoms with Crippen LogP contribution in [0.2, 0.25) is 0 Å². The lowest BCUT2D eigenvalue weighted by Crippen LogP contribution is -2.71. The highest BCUT2D eigenvalue weighted by atomic mass is 16.8. The lowest BCUT2D eigenvalue weighted by atomic mass is 9.62. The molecule has 0 radical (unpaired) electrons. The van der Waals surface area contributed by atoms with Crippen LogP contribution in [0.4, 0.5) is 0 Å². The van der Waals surface area contributed by atoms with E-state index in [1.165, 1.54) is 12.0 Å². The van der Waals surface area contributed by atoms with Gasteiger partial charge in [-0.25, -0.2) is 0 Å². The Balaban J connectivity index is 1.02. The number of nitrogens with zero attached hydrogens (tertiary/aromatic N) is 1. The fourth-order valence-corrected chi connectivity index (χ4v) is 9.18. The minimum Gasteiger partial charge on any atom is -0.458 e. The third-order valence-corrected chi connectivity index (χ3v) is 12.0. The maximum Gasteiger partial charge on any atom is 0.327 e. The summed E-state index contributed by atoms with van der Waals surface area (Å²) in [6.45, 7) is 0.368. The molecule has 8 N–H and O–H groups in total. The first kappa shape index (κ1) is 40.9. The number of nitrogens with one attached hydrogen (secondary N) is 2. The number of carbonyl (C=O) groups excluding carboxylic acids is 3. The van der Waals surface area contributed by atoms with E-state index < -0.39 is 109 Å². The first-order valence-corrected chi connectivity index (χ1v) is 19.5. The zero-order chi connectivity index (χ0) is 40.9. The lowest BCUT2D eigenvalue weighted by molar-refractivity contribution is -0.298. The molecule has 314 valence electrons. The summed E-state index contributed by atoms with van der Waals surface area (Å²) in [5.74, 6) is -3.17. The first-order valence-electron chi connectivity index (χ1n) is 19.5. The SMILES string of the molecule is CC(O)C(NC(=O)C12CC3OC(=O)C1N(Cc1ccc(C=CCOC4OC(CO)C(O)C(O)C4O)cc1)OC2C1OC2(Cc4ccccc4C2)OC31)C(=O)NCCO. The third-order valence-electron chi connectivity index (χ3n) is 12.0. The standard InChI is InChI=1S/C40H49N3O15/c1-20(46)27(35(50)41-12-13-44)42-38(52)40-17-25-31-32(57-39(56-31)15-23-6-2-3-7-24(23)16-39)34(40)58-43(33(40)36(51)54-25)18-22-10-8-21(9-11-22)5-4-14-53-37-30(49)29(48)28(47)26(19-45)55-37/h2-11,20,25-34,37,44-49H,12-19H2,1H3,(H,41,50)(H,42,52). The largest absolute Gasteiger partial charge is 0.458 e. The van der Waals surface area contributed by atoms with Gasteiger partial charge in [0.1, 0.15) is 60.3 Å². The van der Waals surface area contributed by atoms with Crippen molar-refractivity contribution >= 4 is 23.9 Å². The molecule has 1 saturated carbocycles. The van der Waals surface area contributed by atoms with E-state index in [4.69, 9.17) is 28.5 Å². The number of esters is 1. The smallest absolute Gasteiger partial charge is 0.327 e. The number of fused-ring (bicyclic) bond motifs is 5. The molecule has 0 aromatic heterocycles. The van der Waals surface area contributed by atoms with E-state index in [9.17, 15) is 45.0 Å². The maximum absolute atomic E-state index is 14.7.